The average Bonchev–Trinajstić information content (AvgIpc) is 1.58. The molecule has 6 atom stereocenters. The average molecular weight is 1780 g/mol. The van der Waals surface area contributed by atoms with Crippen LogP contribution < -0.4 is 49.4 Å². The molecule has 3 aliphatic carbocycles. The lowest BCUT2D eigenvalue weighted by atomic mass is 9.81. The molecule has 0 spiro atoms. The predicted octanol–water partition coefficient (Wildman–Crippen LogP) is 10.2. The van der Waals surface area contributed by atoms with Crippen LogP contribution in [0, 0.1) is 38.2 Å². The molecule has 0 fully saturated rings. The van der Waals surface area contributed by atoms with Gasteiger partial charge in [-0.15, -0.1) is 0 Å². The molecular weight excluding hydrogens is 1670 g/mol. The van der Waals surface area contributed by atoms with Crippen LogP contribution in [0.5, 0.6) is 0 Å². The molecule has 12 N–H and O–H groups in total. The van der Waals surface area contributed by atoms with Crippen LogP contribution in [0.1, 0.15) is 258 Å². The number of halogens is 3. The van der Waals surface area contributed by atoms with Crippen molar-refractivity contribution >= 4 is 80.6 Å². The van der Waals surface area contributed by atoms with Gasteiger partial charge in [-0.25, -0.2) is 52.1 Å². The lowest BCUT2D eigenvalue weighted by Crippen LogP contribution is -2.44. The maximum absolute atomic E-state index is 15.1. The monoisotopic (exact) mass is 1780 g/mol. The molecule has 35 heteroatoms. The van der Waals surface area contributed by atoms with Crippen molar-refractivity contribution in [1.29, 1.82) is 0 Å². The SMILES string of the molecule is CC(C)(C)OC(=O)NCCCC(=O)O.CC[C@@]1(O)C(=O)OCc2c1cc1n(c2=O)Cc2c-1nc1cc(F)c(C)c3c1c2[C@@H](N)CC3.CC[C@@]1(O)C(=O)OCc2c1cc1n(c2=O)Cc2c-1nc1cc(F)c(C)c3c1c2[C@@H](NC(=O)CCCN)CC3.CC[C@@]1(O)C(=O)OCc2c1cc1n(c2=O)Cc2c-1nc1cc(F)c(C)c3c1c2[C@@H](NC(=O)CCCNC(=O)OC(C)(C)C)CC3. The van der Waals surface area contributed by atoms with E-state index in [0.717, 1.165) is 66.2 Å². The molecular formula is C94H105F3N12O20. The summed E-state index contributed by atoms with van der Waals surface area (Å²) in [7, 11) is 0. The standard InChI is InChI=1S/C33H37FN4O7.C28H29FN4O5.C24H22FN3O4.C9H17NO4/c1-6-33(43)20-12-24-28-18(14-38(24)29(40)19(20)15-44-30(33)41)27-22(10-9-17-16(2)21(34)13-23(37-28)26(17)27)36-25(39)8-7-11-35-31(42)45-32(3,4)5;1-3-28(37)17-9-21-25-15(11-33(21)26(35)16(17)12-38-27(28)36)24-19(31-22(34)5-4-8-30)7-6-14-13(2)18(29)10-20(32-25)23(14)24;1-3-24(31)14-6-18-21-12(8-28(18)22(29)13(14)9-32-23(24)30)19-16(26)5-4-11-10(2)15(25)7-17(27-21)20(11)19;1-9(2,3)14-8(13)10-6-4-5-7(11)12/h12-13,22,43H,6-11,14-15H2,1-5H3,(H,35,42)(H,36,39);9-10,19,37H,3-8,11-12,30H2,1-2H3,(H,31,34);6-7,16,31H,3-5,8-9,26H2,1-2H3;4-6H2,1-3H3,(H,10,13)(H,11,12)/t22-,33-;19-,28-;16-,24-;/m000./s1. The number of nitrogens with one attached hydrogen (secondary N) is 4. The van der Waals surface area contributed by atoms with Crippen molar-refractivity contribution in [2.24, 2.45) is 11.5 Å². The van der Waals surface area contributed by atoms with E-state index < -0.39 is 75.7 Å². The van der Waals surface area contributed by atoms with Crippen molar-refractivity contribution < 1.29 is 95.6 Å². The van der Waals surface area contributed by atoms with Gasteiger partial charge in [0, 0.05) is 106 Å². The number of carbonyl (C=O) groups is 8. The van der Waals surface area contributed by atoms with Crippen LogP contribution in [0.25, 0.3) is 66.9 Å². The van der Waals surface area contributed by atoms with E-state index in [9.17, 15) is 76.8 Å². The lowest BCUT2D eigenvalue weighted by Gasteiger charge is -2.31. The molecule has 0 saturated carbocycles. The van der Waals surface area contributed by atoms with E-state index in [4.69, 9.17) is 55.2 Å². The third-order valence-electron chi connectivity index (χ3n) is 25.9. The Hall–Kier alpha value is -12.3. The van der Waals surface area contributed by atoms with Gasteiger partial charge in [0.1, 0.15) is 48.5 Å². The van der Waals surface area contributed by atoms with Crippen LogP contribution in [0.2, 0.25) is 0 Å². The van der Waals surface area contributed by atoms with Crippen LogP contribution in [0.15, 0.2) is 50.8 Å². The zero-order chi connectivity index (χ0) is 93.1. The second-order valence-electron chi connectivity index (χ2n) is 36.2. The van der Waals surface area contributed by atoms with E-state index in [-0.39, 0.29) is 164 Å². The highest BCUT2D eigenvalue weighted by atomic mass is 19.1. The molecule has 0 radical (unpaired) electrons. The van der Waals surface area contributed by atoms with Crippen LogP contribution in [-0.4, -0.2) is 128 Å². The smallest absolute Gasteiger partial charge is 0.407 e. The quantitative estimate of drug-likeness (QED) is 0.0244. The van der Waals surface area contributed by atoms with Gasteiger partial charge in [-0.3, -0.25) is 28.8 Å². The number of benzene rings is 3. The number of aliphatic carboxylic acids is 1. The molecule has 682 valence electrons. The van der Waals surface area contributed by atoms with Gasteiger partial charge in [-0.2, -0.15) is 0 Å². The molecule has 0 unspecified atom stereocenters. The molecule has 0 bridgehead atoms. The Labute approximate surface area is 738 Å². The first kappa shape index (κ1) is 91.4. The van der Waals surface area contributed by atoms with Crippen molar-refractivity contribution in [1.82, 2.24) is 49.9 Å². The van der Waals surface area contributed by atoms with Gasteiger partial charge in [-0.1, -0.05) is 20.8 Å². The fourth-order valence-corrected chi connectivity index (χ4v) is 19.3. The Bertz CT molecular complexity index is 6510. The maximum atomic E-state index is 15.1. The van der Waals surface area contributed by atoms with E-state index in [1.54, 1.807) is 115 Å². The summed E-state index contributed by atoms with van der Waals surface area (Å²) in [6.45, 7) is 21.8. The lowest BCUT2D eigenvalue weighted by molar-refractivity contribution is -0.172. The molecule has 4 amide bonds. The topological polar surface area (TPSA) is 468 Å². The minimum atomic E-state index is -1.97. The molecule has 9 aromatic rings. The zero-order valence-electron chi connectivity index (χ0n) is 74.0. The number of aliphatic hydroxyl groups is 3. The number of rotatable bonds is 16. The van der Waals surface area contributed by atoms with Crippen LogP contribution in [0.4, 0.5) is 22.8 Å². The van der Waals surface area contributed by atoms with Gasteiger partial charge >= 0.3 is 36.1 Å². The number of cyclic esters (lactones) is 3. The van der Waals surface area contributed by atoms with Crippen molar-refractivity contribution in [2.75, 3.05) is 19.6 Å². The number of ether oxygens (including phenoxy) is 5. The fraction of sp³-hybridized carbons (Fsp3) is 0.468. The van der Waals surface area contributed by atoms with Crippen LogP contribution in [0.3, 0.4) is 0 Å². The molecule has 9 aliphatic rings. The first-order chi connectivity index (χ1) is 61.0. The Balaban J connectivity index is 0.000000140. The summed E-state index contributed by atoms with van der Waals surface area (Å²) in [5.41, 5.74) is 18.9. The summed E-state index contributed by atoms with van der Waals surface area (Å²) in [5.74, 6) is -4.62. The number of alkyl carbamates (subject to hydrolysis) is 2. The van der Waals surface area contributed by atoms with E-state index in [1.807, 2.05) is 0 Å². The first-order valence-corrected chi connectivity index (χ1v) is 43.6. The van der Waals surface area contributed by atoms with Gasteiger partial charge in [0.25, 0.3) is 16.7 Å². The summed E-state index contributed by atoms with van der Waals surface area (Å²) in [4.78, 5) is 152. The Morgan fingerprint density at radius 1 is 0.481 bits per heavy atom. The highest BCUT2D eigenvalue weighted by molar-refractivity contribution is 5.97. The third kappa shape index (κ3) is 16.3. The number of hydrogen-bond acceptors (Lipinski definition) is 24. The Kier molecular flexibility index (Phi) is 24.5. The van der Waals surface area contributed by atoms with E-state index >= 15 is 4.39 Å². The molecule has 0 saturated heterocycles. The number of nitrogens with two attached hydrogens (primary N) is 2. The summed E-state index contributed by atoms with van der Waals surface area (Å²) in [5, 5.41) is 55.6. The number of fused-ring (bicyclic) bond motifs is 15. The second kappa shape index (κ2) is 34.6. The van der Waals surface area contributed by atoms with E-state index in [1.165, 1.54) is 18.2 Å². The number of amides is 4. The normalized spacial score (nSPS) is 20.0. The number of carbonyl (C=O) groups excluding carboxylic acids is 7. The van der Waals surface area contributed by atoms with Crippen molar-refractivity contribution in [3.05, 3.63) is 185 Å². The summed E-state index contributed by atoms with van der Waals surface area (Å²) < 4.78 is 75.1. The third-order valence-corrected chi connectivity index (χ3v) is 25.9. The van der Waals surface area contributed by atoms with Crippen LogP contribution in [-0.2, 0) is 128 Å². The molecule has 6 aliphatic heterocycles. The second-order valence-corrected chi connectivity index (χ2v) is 36.2. The van der Waals surface area contributed by atoms with E-state index in [0.29, 0.717) is 145 Å². The maximum Gasteiger partial charge on any atom is 0.407 e. The number of carboxylic acid groups (broad SMARTS) is 1. The van der Waals surface area contributed by atoms with Gasteiger partial charge in [0.15, 0.2) is 16.8 Å². The van der Waals surface area contributed by atoms with Gasteiger partial charge in [0.05, 0.1) is 99.1 Å². The van der Waals surface area contributed by atoms with Crippen molar-refractivity contribution in [3.8, 4) is 34.2 Å². The molecule has 18 rings (SSSR count). The minimum Gasteiger partial charge on any atom is -0.481 e. The summed E-state index contributed by atoms with van der Waals surface area (Å²) >= 11 is 0. The molecule has 6 aromatic heterocycles. The molecule has 12 heterocycles. The van der Waals surface area contributed by atoms with E-state index in [2.05, 4.69) is 21.3 Å². The highest BCUT2D eigenvalue weighted by Crippen LogP contribution is 2.51. The number of carboxylic acids is 1. The number of pyridine rings is 6. The molecule has 129 heavy (non-hydrogen) atoms. The predicted molar refractivity (Wildman–Crippen MR) is 464 cm³/mol. The highest BCUT2D eigenvalue weighted by Gasteiger charge is 2.50. The van der Waals surface area contributed by atoms with Crippen molar-refractivity contribution in [3.63, 3.8) is 0 Å². The number of hydrogen-bond donors (Lipinski definition) is 10. The largest absolute Gasteiger partial charge is 0.481 e. The Morgan fingerprint density at radius 2 is 0.798 bits per heavy atom. The van der Waals surface area contributed by atoms with Crippen LogP contribution >= 0.6 is 0 Å². The fourth-order valence-electron chi connectivity index (χ4n) is 19.3. The van der Waals surface area contributed by atoms with Gasteiger partial charge < -0.3 is 90.5 Å². The number of aromatic nitrogens is 6. The number of esters is 3. The first-order valence-electron chi connectivity index (χ1n) is 43.6. The van der Waals surface area contributed by atoms with Gasteiger partial charge in [0.2, 0.25) is 11.8 Å². The molecule has 32 nitrogen and oxygen atoms in total. The van der Waals surface area contributed by atoms with Crippen molar-refractivity contribution in [2.45, 2.75) is 265 Å². The minimum absolute atomic E-state index is 0.0141. The van der Waals surface area contributed by atoms with Gasteiger partial charge in [-0.05, 0) is 214 Å². The molecule has 3 aromatic carbocycles. The zero-order valence-corrected chi connectivity index (χ0v) is 74.0. The number of nitrogens with zero attached hydrogens (tertiary/aromatic N) is 6. The Morgan fingerprint density at radius 3 is 1.12 bits per heavy atom. The summed E-state index contributed by atoms with van der Waals surface area (Å²) in [6.07, 6.45) is 4.53. The number of aryl methyl sites for hydroxylation is 3. The summed E-state index contributed by atoms with van der Waals surface area (Å²) in [6, 6.07) is 8.12.